The van der Waals surface area contributed by atoms with E-state index in [0.717, 1.165) is 5.56 Å². The number of rotatable bonds is 10. The van der Waals surface area contributed by atoms with Crippen LogP contribution >= 0.6 is 0 Å². The van der Waals surface area contributed by atoms with E-state index in [9.17, 15) is 9.59 Å². The third-order valence-electron chi connectivity index (χ3n) is 3.18. The van der Waals surface area contributed by atoms with Crippen LogP contribution in [0.2, 0.25) is 0 Å². The Morgan fingerprint density at radius 3 is 2.65 bits per heavy atom. The summed E-state index contributed by atoms with van der Waals surface area (Å²) in [5, 5.41) is 8.72. The summed E-state index contributed by atoms with van der Waals surface area (Å²) in [6.07, 6.45) is 0.144. The van der Waals surface area contributed by atoms with Crippen molar-refractivity contribution in [1.82, 2.24) is 4.90 Å². The predicted octanol–water partition coefficient (Wildman–Crippen LogP) is 1.40. The fourth-order valence-corrected chi connectivity index (χ4v) is 2.08. The summed E-state index contributed by atoms with van der Waals surface area (Å²) in [6, 6.07) is 7.31. The lowest BCUT2D eigenvalue weighted by atomic mass is 10.1. The maximum atomic E-state index is 12.6. The van der Waals surface area contributed by atoms with Crippen molar-refractivity contribution in [2.24, 2.45) is 0 Å². The van der Waals surface area contributed by atoms with Gasteiger partial charge in [-0.25, -0.2) is 0 Å². The molecule has 6 nitrogen and oxygen atoms in total. The molecule has 0 bridgehead atoms. The summed E-state index contributed by atoms with van der Waals surface area (Å²) < 4.78 is 10.1. The molecule has 0 saturated carbocycles. The molecule has 0 aromatic heterocycles. The van der Waals surface area contributed by atoms with Crippen molar-refractivity contribution in [3.8, 4) is 0 Å². The van der Waals surface area contributed by atoms with E-state index in [1.807, 2.05) is 25.1 Å². The molecule has 0 saturated heterocycles. The molecule has 6 heteroatoms. The SMILES string of the molecule is CCOC(=O)CCN(CCOCCO)C(=O)c1cccc(C)c1. The van der Waals surface area contributed by atoms with Gasteiger partial charge >= 0.3 is 5.97 Å². The van der Waals surface area contributed by atoms with E-state index in [1.54, 1.807) is 17.9 Å². The summed E-state index contributed by atoms with van der Waals surface area (Å²) in [6.45, 7) is 5.09. The lowest BCUT2D eigenvalue weighted by Crippen LogP contribution is -2.36. The zero-order valence-electron chi connectivity index (χ0n) is 13.8. The minimum Gasteiger partial charge on any atom is -0.466 e. The number of ether oxygens (including phenoxy) is 2. The van der Waals surface area contributed by atoms with Gasteiger partial charge in [0.05, 0.1) is 32.8 Å². The normalized spacial score (nSPS) is 10.4. The van der Waals surface area contributed by atoms with Gasteiger partial charge in [-0.15, -0.1) is 0 Å². The van der Waals surface area contributed by atoms with Crippen molar-refractivity contribution in [1.29, 1.82) is 0 Å². The molecule has 0 aliphatic rings. The number of benzene rings is 1. The molecule has 0 atom stereocenters. The molecule has 0 aliphatic carbocycles. The van der Waals surface area contributed by atoms with Crippen LogP contribution in [0.4, 0.5) is 0 Å². The van der Waals surface area contributed by atoms with Gasteiger partial charge in [-0.1, -0.05) is 17.7 Å². The lowest BCUT2D eigenvalue weighted by molar-refractivity contribution is -0.143. The Hall–Kier alpha value is -1.92. The number of aryl methyl sites for hydroxylation is 1. The highest BCUT2D eigenvalue weighted by atomic mass is 16.5. The predicted molar refractivity (Wildman–Crippen MR) is 86.2 cm³/mol. The molecule has 0 radical (unpaired) electrons. The van der Waals surface area contributed by atoms with Gasteiger partial charge in [-0.2, -0.15) is 0 Å². The molecule has 23 heavy (non-hydrogen) atoms. The molecule has 0 heterocycles. The van der Waals surface area contributed by atoms with E-state index < -0.39 is 0 Å². The van der Waals surface area contributed by atoms with Crippen LogP contribution in [0.3, 0.4) is 0 Å². The molecule has 0 spiro atoms. The van der Waals surface area contributed by atoms with Crippen molar-refractivity contribution in [3.63, 3.8) is 0 Å². The number of nitrogens with zero attached hydrogens (tertiary/aromatic N) is 1. The highest BCUT2D eigenvalue weighted by Crippen LogP contribution is 2.09. The average molecular weight is 323 g/mol. The third-order valence-corrected chi connectivity index (χ3v) is 3.18. The molecule has 1 amide bonds. The second-order valence-electron chi connectivity index (χ2n) is 5.05. The van der Waals surface area contributed by atoms with E-state index in [1.165, 1.54) is 0 Å². The molecular formula is C17H25NO5. The first-order valence-corrected chi connectivity index (χ1v) is 7.78. The first-order valence-electron chi connectivity index (χ1n) is 7.78. The van der Waals surface area contributed by atoms with Gasteiger partial charge in [-0.05, 0) is 26.0 Å². The Balaban J connectivity index is 2.68. The summed E-state index contributed by atoms with van der Waals surface area (Å²) in [5.41, 5.74) is 1.58. The molecule has 1 N–H and O–H groups in total. The number of carbonyl (C=O) groups is 2. The number of amides is 1. The van der Waals surface area contributed by atoms with Gasteiger partial charge in [0.2, 0.25) is 0 Å². The molecule has 0 unspecified atom stereocenters. The Morgan fingerprint density at radius 2 is 2.00 bits per heavy atom. The Bertz CT molecular complexity index is 504. The zero-order chi connectivity index (χ0) is 17.1. The maximum absolute atomic E-state index is 12.6. The van der Waals surface area contributed by atoms with Crippen LogP contribution in [-0.4, -0.2) is 61.4 Å². The van der Waals surface area contributed by atoms with E-state index in [-0.39, 0.29) is 38.1 Å². The van der Waals surface area contributed by atoms with Crippen LogP contribution in [0.1, 0.15) is 29.3 Å². The summed E-state index contributed by atoms with van der Waals surface area (Å²) in [7, 11) is 0. The minimum atomic E-state index is -0.328. The number of carbonyl (C=O) groups excluding carboxylic acids is 2. The number of esters is 1. The Morgan fingerprint density at radius 1 is 1.22 bits per heavy atom. The third kappa shape index (κ3) is 7.25. The zero-order valence-corrected chi connectivity index (χ0v) is 13.8. The summed E-state index contributed by atoms with van der Waals surface area (Å²) in [4.78, 5) is 25.7. The fraction of sp³-hybridized carbons (Fsp3) is 0.529. The second-order valence-corrected chi connectivity index (χ2v) is 5.05. The molecular weight excluding hydrogens is 298 g/mol. The quantitative estimate of drug-likeness (QED) is 0.520. The van der Waals surface area contributed by atoms with E-state index in [2.05, 4.69) is 0 Å². The fourth-order valence-electron chi connectivity index (χ4n) is 2.08. The van der Waals surface area contributed by atoms with Crippen molar-refractivity contribution >= 4 is 11.9 Å². The molecule has 0 aliphatic heterocycles. The topological polar surface area (TPSA) is 76.1 Å². The average Bonchev–Trinajstić information content (AvgIpc) is 2.54. The van der Waals surface area contributed by atoms with Gasteiger partial charge in [0.15, 0.2) is 0 Å². The lowest BCUT2D eigenvalue weighted by Gasteiger charge is -2.22. The largest absolute Gasteiger partial charge is 0.466 e. The molecule has 0 fully saturated rings. The van der Waals surface area contributed by atoms with Crippen LogP contribution in [-0.2, 0) is 14.3 Å². The minimum absolute atomic E-state index is 0.0609. The summed E-state index contributed by atoms with van der Waals surface area (Å²) >= 11 is 0. The smallest absolute Gasteiger partial charge is 0.307 e. The van der Waals surface area contributed by atoms with Crippen molar-refractivity contribution < 1.29 is 24.2 Å². The van der Waals surface area contributed by atoms with Crippen LogP contribution in [0.5, 0.6) is 0 Å². The first kappa shape index (κ1) is 19.1. The van der Waals surface area contributed by atoms with Gasteiger partial charge in [-0.3, -0.25) is 9.59 Å². The van der Waals surface area contributed by atoms with Crippen LogP contribution < -0.4 is 0 Å². The molecule has 1 rings (SSSR count). The highest BCUT2D eigenvalue weighted by Gasteiger charge is 2.17. The maximum Gasteiger partial charge on any atom is 0.307 e. The van der Waals surface area contributed by atoms with E-state index in [4.69, 9.17) is 14.6 Å². The van der Waals surface area contributed by atoms with Crippen molar-refractivity contribution in [2.45, 2.75) is 20.3 Å². The number of aliphatic hydroxyl groups is 1. The van der Waals surface area contributed by atoms with Gasteiger partial charge in [0.25, 0.3) is 5.91 Å². The second kappa shape index (κ2) is 10.7. The number of hydrogen-bond acceptors (Lipinski definition) is 5. The summed E-state index contributed by atoms with van der Waals surface area (Å²) in [5.74, 6) is -0.476. The number of aliphatic hydroxyl groups excluding tert-OH is 1. The van der Waals surface area contributed by atoms with Crippen molar-refractivity contribution in [3.05, 3.63) is 35.4 Å². The van der Waals surface area contributed by atoms with E-state index in [0.29, 0.717) is 25.3 Å². The van der Waals surface area contributed by atoms with Gasteiger partial charge < -0.3 is 19.5 Å². The Kier molecular flexibility index (Phi) is 8.94. The monoisotopic (exact) mass is 323 g/mol. The van der Waals surface area contributed by atoms with Crippen LogP contribution in [0, 0.1) is 6.92 Å². The van der Waals surface area contributed by atoms with Gasteiger partial charge in [0, 0.05) is 18.7 Å². The van der Waals surface area contributed by atoms with Crippen molar-refractivity contribution in [2.75, 3.05) is 39.5 Å². The Labute approximate surface area is 137 Å². The highest BCUT2D eigenvalue weighted by molar-refractivity contribution is 5.94. The van der Waals surface area contributed by atoms with Gasteiger partial charge in [0.1, 0.15) is 0 Å². The molecule has 1 aromatic carbocycles. The first-order chi connectivity index (χ1) is 11.1. The van der Waals surface area contributed by atoms with Crippen LogP contribution in [0.25, 0.3) is 0 Å². The van der Waals surface area contributed by atoms with E-state index >= 15 is 0 Å². The van der Waals surface area contributed by atoms with Crippen LogP contribution in [0.15, 0.2) is 24.3 Å². The molecule has 1 aromatic rings. The standard InChI is InChI=1S/C17H25NO5/c1-3-23-16(20)7-8-18(9-11-22-12-10-19)17(21)15-6-4-5-14(2)13-15/h4-6,13,19H,3,7-12H2,1-2H3. The number of hydrogen-bond donors (Lipinski definition) is 1. The molecule has 128 valence electrons.